The molecule has 0 radical (unpaired) electrons. The van der Waals surface area contributed by atoms with E-state index in [1.807, 2.05) is 0 Å². The monoisotopic (exact) mass is 102 g/mol. The molecule has 0 heterocycles. The van der Waals surface area contributed by atoms with Crippen LogP contribution in [0.25, 0.3) is 0 Å². The Morgan fingerprint density at radius 3 is 2.29 bits per heavy atom. The second-order valence-corrected chi connectivity index (χ2v) is 1.33. The molecule has 7 heavy (non-hydrogen) atoms. The van der Waals surface area contributed by atoms with Gasteiger partial charge in [0, 0.05) is 7.11 Å². The van der Waals surface area contributed by atoms with Gasteiger partial charge in [0.1, 0.15) is 11.9 Å². The zero-order valence-electron chi connectivity index (χ0n) is 4.56. The zero-order chi connectivity index (χ0) is 5.86. The maximum absolute atomic E-state index is 6.75. The van der Waals surface area contributed by atoms with Crippen molar-refractivity contribution < 1.29 is 4.74 Å². The molecule has 0 aliphatic rings. The van der Waals surface area contributed by atoms with E-state index in [4.69, 9.17) is 11.1 Å². The first kappa shape index (κ1) is 6.43. The van der Waals surface area contributed by atoms with E-state index >= 15 is 0 Å². The van der Waals surface area contributed by atoms with Crippen molar-refractivity contribution in [1.29, 1.82) is 5.41 Å². The second-order valence-electron chi connectivity index (χ2n) is 1.33. The van der Waals surface area contributed by atoms with Crippen LogP contribution in [0.5, 0.6) is 0 Å². The van der Waals surface area contributed by atoms with Crippen LogP contribution in [0.1, 0.15) is 6.92 Å². The maximum atomic E-state index is 6.75. The van der Waals surface area contributed by atoms with Crippen LogP contribution < -0.4 is 5.73 Å². The predicted molar refractivity (Wildman–Crippen MR) is 28.4 cm³/mol. The Kier molecular flexibility index (Phi) is 2.37. The fraction of sp³-hybridized carbons (Fsp3) is 0.750. The summed E-state index contributed by atoms with van der Waals surface area (Å²) in [6, 6.07) is 0. The number of nitrogens with two attached hydrogens (primary N) is 1. The Labute approximate surface area is 43.0 Å². The summed E-state index contributed by atoms with van der Waals surface area (Å²) in [5, 5.41) is 6.75. The summed E-state index contributed by atoms with van der Waals surface area (Å²) in [5.74, 6) is 0.0718. The quantitative estimate of drug-likeness (QED) is 0.379. The number of amidine groups is 1. The van der Waals surface area contributed by atoms with Gasteiger partial charge in [-0.3, -0.25) is 5.41 Å². The summed E-state index contributed by atoms with van der Waals surface area (Å²) in [6.45, 7) is 1.72. The standard InChI is InChI=1S/C4H10N2O/c1-3(7-2)4(5)6/h3H,1-2H3,(H3,5,6)/t3-/m0/s1. The molecular weight excluding hydrogens is 92.1 g/mol. The van der Waals surface area contributed by atoms with E-state index in [0.717, 1.165) is 0 Å². The predicted octanol–water partition coefficient (Wildman–Crippen LogP) is -0.0427. The van der Waals surface area contributed by atoms with Crippen LogP contribution in [-0.2, 0) is 4.74 Å². The summed E-state index contributed by atoms with van der Waals surface area (Å²) in [7, 11) is 1.52. The number of rotatable bonds is 2. The lowest BCUT2D eigenvalue weighted by molar-refractivity contribution is 0.169. The number of hydrogen-bond donors (Lipinski definition) is 2. The molecule has 0 rings (SSSR count). The first-order valence-corrected chi connectivity index (χ1v) is 2.05. The smallest absolute Gasteiger partial charge is 0.120 e. The molecule has 0 aliphatic carbocycles. The fourth-order valence-corrected chi connectivity index (χ4v) is 0.127. The zero-order valence-corrected chi connectivity index (χ0v) is 4.56. The molecule has 0 spiro atoms. The van der Waals surface area contributed by atoms with Crippen molar-refractivity contribution in [2.45, 2.75) is 13.0 Å². The van der Waals surface area contributed by atoms with E-state index in [0.29, 0.717) is 0 Å². The first-order valence-electron chi connectivity index (χ1n) is 2.05. The molecule has 0 aliphatic heterocycles. The fourth-order valence-electron chi connectivity index (χ4n) is 0.127. The van der Waals surface area contributed by atoms with Crippen molar-refractivity contribution in [3.63, 3.8) is 0 Å². The minimum atomic E-state index is -0.236. The average molecular weight is 102 g/mol. The van der Waals surface area contributed by atoms with Crippen LogP contribution >= 0.6 is 0 Å². The van der Waals surface area contributed by atoms with Crippen molar-refractivity contribution in [2.75, 3.05) is 7.11 Å². The highest BCUT2D eigenvalue weighted by atomic mass is 16.5. The Hall–Kier alpha value is -0.570. The minimum Gasteiger partial charge on any atom is -0.385 e. The minimum absolute atomic E-state index is 0.0718. The summed E-state index contributed by atoms with van der Waals surface area (Å²) in [6.07, 6.45) is -0.236. The lowest BCUT2D eigenvalue weighted by Crippen LogP contribution is -2.26. The highest BCUT2D eigenvalue weighted by Crippen LogP contribution is 1.81. The summed E-state index contributed by atoms with van der Waals surface area (Å²) in [4.78, 5) is 0. The van der Waals surface area contributed by atoms with Crippen LogP contribution in [0.3, 0.4) is 0 Å². The molecule has 0 fully saturated rings. The van der Waals surface area contributed by atoms with E-state index in [9.17, 15) is 0 Å². The molecule has 3 heteroatoms. The molecule has 0 aromatic heterocycles. The molecule has 0 saturated heterocycles. The third kappa shape index (κ3) is 2.17. The Morgan fingerprint density at radius 2 is 2.29 bits per heavy atom. The number of ether oxygens (including phenoxy) is 1. The average Bonchev–Trinajstić information content (AvgIpc) is 1.65. The molecule has 42 valence electrons. The number of nitrogens with one attached hydrogen (secondary N) is 1. The molecule has 3 nitrogen and oxygen atoms in total. The molecule has 0 amide bonds. The number of hydrogen-bond acceptors (Lipinski definition) is 2. The summed E-state index contributed by atoms with van der Waals surface area (Å²) in [5.41, 5.74) is 5.00. The van der Waals surface area contributed by atoms with Gasteiger partial charge in [0.15, 0.2) is 0 Å². The van der Waals surface area contributed by atoms with Crippen molar-refractivity contribution in [1.82, 2.24) is 0 Å². The first-order chi connectivity index (χ1) is 3.18. The van der Waals surface area contributed by atoms with E-state index < -0.39 is 0 Å². The third-order valence-electron chi connectivity index (χ3n) is 0.792. The van der Waals surface area contributed by atoms with Crippen molar-refractivity contribution in [3.8, 4) is 0 Å². The molecular formula is C4H10N2O. The van der Waals surface area contributed by atoms with Gasteiger partial charge < -0.3 is 10.5 Å². The Bertz CT molecular complexity index is 72.1. The van der Waals surface area contributed by atoms with Gasteiger partial charge in [0.05, 0.1) is 0 Å². The molecule has 0 aromatic carbocycles. The SMILES string of the molecule is CO[C@@H](C)C(=N)N. The van der Waals surface area contributed by atoms with Crippen molar-refractivity contribution >= 4 is 5.84 Å². The molecule has 0 unspecified atom stereocenters. The summed E-state index contributed by atoms with van der Waals surface area (Å²) >= 11 is 0. The van der Waals surface area contributed by atoms with Crippen molar-refractivity contribution in [3.05, 3.63) is 0 Å². The van der Waals surface area contributed by atoms with Gasteiger partial charge in [0.2, 0.25) is 0 Å². The van der Waals surface area contributed by atoms with Gasteiger partial charge in [-0.25, -0.2) is 0 Å². The van der Waals surface area contributed by atoms with Gasteiger partial charge in [0.25, 0.3) is 0 Å². The van der Waals surface area contributed by atoms with Gasteiger partial charge in [-0.05, 0) is 6.92 Å². The van der Waals surface area contributed by atoms with Crippen LogP contribution in [0.15, 0.2) is 0 Å². The molecule has 1 atom stereocenters. The van der Waals surface area contributed by atoms with Gasteiger partial charge >= 0.3 is 0 Å². The van der Waals surface area contributed by atoms with Crippen LogP contribution in [-0.4, -0.2) is 19.0 Å². The normalized spacial score (nSPS) is 13.4. The third-order valence-corrected chi connectivity index (χ3v) is 0.792. The van der Waals surface area contributed by atoms with Gasteiger partial charge in [-0.2, -0.15) is 0 Å². The summed E-state index contributed by atoms with van der Waals surface area (Å²) < 4.78 is 4.66. The number of methoxy groups -OCH3 is 1. The maximum Gasteiger partial charge on any atom is 0.120 e. The van der Waals surface area contributed by atoms with E-state index in [-0.39, 0.29) is 11.9 Å². The van der Waals surface area contributed by atoms with E-state index in [2.05, 4.69) is 4.74 Å². The van der Waals surface area contributed by atoms with E-state index in [1.54, 1.807) is 6.92 Å². The largest absolute Gasteiger partial charge is 0.385 e. The van der Waals surface area contributed by atoms with Gasteiger partial charge in [-0.1, -0.05) is 0 Å². The molecule has 0 saturated carbocycles. The lowest BCUT2D eigenvalue weighted by atomic mass is 10.4. The van der Waals surface area contributed by atoms with Crippen LogP contribution in [0.2, 0.25) is 0 Å². The van der Waals surface area contributed by atoms with Crippen molar-refractivity contribution in [2.24, 2.45) is 5.73 Å². The highest BCUT2D eigenvalue weighted by molar-refractivity contribution is 5.81. The molecule has 3 N–H and O–H groups in total. The second kappa shape index (κ2) is 2.58. The topological polar surface area (TPSA) is 59.1 Å². The molecule has 0 bridgehead atoms. The highest BCUT2D eigenvalue weighted by Gasteiger charge is 1.98. The molecule has 0 aromatic rings. The van der Waals surface area contributed by atoms with Crippen LogP contribution in [0.4, 0.5) is 0 Å². The lowest BCUT2D eigenvalue weighted by Gasteiger charge is -2.03. The Balaban J connectivity index is 3.34. The van der Waals surface area contributed by atoms with E-state index in [1.165, 1.54) is 7.11 Å². The van der Waals surface area contributed by atoms with Crippen LogP contribution in [0, 0.1) is 5.41 Å². The van der Waals surface area contributed by atoms with Gasteiger partial charge in [-0.15, -0.1) is 0 Å². The Morgan fingerprint density at radius 1 is 1.86 bits per heavy atom.